The predicted octanol–water partition coefficient (Wildman–Crippen LogP) is 7.51. The monoisotopic (exact) mass is 474 g/mol. The van der Waals surface area contributed by atoms with Crippen LogP contribution in [0.3, 0.4) is 0 Å². The number of rotatable bonds is 2. The molecule has 0 saturated heterocycles. The molecular weight excluding hydrogens is 455 g/mol. The molecular formula is C28H20Cl2O3. The van der Waals surface area contributed by atoms with E-state index in [1.165, 1.54) is 0 Å². The van der Waals surface area contributed by atoms with Crippen LogP contribution in [0.2, 0.25) is 10.0 Å². The third-order valence-electron chi connectivity index (χ3n) is 6.23. The Morgan fingerprint density at radius 3 is 1.39 bits per heavy atom. The Labute approximate surface area is 202 Å². The van der Waals surface area contributed by atoms with E-state index < -0.39 is 11.6 Å². The minimum Gasteiger partial charge on any atom is -0.453 e. The molecule has 2 aliphatic rings. The lowest BCUT2D eigenvalue weighted by Crippen LogP contribution is -2.56. The van der Waals surface area contributed by atoms with Crippen LogP contribution >= 0.6 is 23.2 Å². The van der Waals surface area contributed by atoms with E-state index in [-0.39, 0.29) is 0 Å². The van der Waals surface area contributed by atoms with Crippen LogP contribution in [0.15, 0.2) is 84.9 Å². The van der Waals surface area contributed by atoms with Gasteiger partial charge in [0.1, 0.15) is 11.5 Å². The largest absolute Gasteiger partial charge is 0.453 e. The van der Waals surface area contributed by atoms with Crippen molar-refractivity contribution in [2.75, 3.05) is 0 Å². The van der Waals surface area contributed by atoms with Crippen LogP contribution in [0.4, 0.5) is 0 Å². The summed E-state index contributed by atoms with van der Waals surface area (Å²) in [6.45, 7) is 4.05. The lowest BCUT2D eigenvalue weighted by molar-refractivity contribution is -0.322. The number of halogens is 2. The molecule has 0 fully saturated rings. The summed E-state index contributed by atoms with van der Waals surface area (Å²) in [7, 11) is 0. The van der Waals surface area contributed by atoms with Gasteiger partial charge in [-0.3, -0.25) is 4.74 Å². The van der Waals surface area contributed by atoms with Crippen molar-refractivity contribution >= 4 is 23.2 Å². The highest BCUT2D eigenvalue weighted by Crippen LogP contribution is 2.59. The Kier molecular flexibility index (Phi) is 4.54. The van der Waals surface area contributed by atoms with Gasteiger partial charge in [0, 0.05) is 11.1 Å². The summed E-state index contributed by atoms with van der Waals surface area (Å²) >= 11 is 13.5. The van der Waals surface area contributed by atoms with Gasteiger partial charge in [-0.2, -0.15) is 0 Å². The molecule has 0 saturated carbocycles. The van der Waals surface area contributed by atoms with Gasteiger partial charge < -0.3 is 9.47 Å². The molecule has 0 N–H and O–H groups in total. The zero-order chi connectivity index (χ0) is 22.8. The molecule has 0 amide bonds. The molecule has 4 aromatic carbocycles. The first-order valence-corrected chi connectivity index (χ1v) is 11.5. The second-order valence-electron chi connectivity index (χ2n) is 8.50. The zero-order valence-corrected chi connectivity index (χ0v) is 19.6. The Hall–Kier alpha value is -2.98. The van der Waals surface area contributed by atoms with Crippen LogP contribution in [0.25, 0.3) is 0 Å². The van der Waals surface area contributed by atoms with Crippen molar-refractivity contribution in [1.29, 1.82) is 0 Å². The highest BCUT2D eigenvalue weighted by Gasteiger charge is 2.61. The summed E-state index contributed by atoms with van der Waals surface area (Å²) in [6.07, 6.45) is 0. The molecule has 6 rings (SSSR count). The SMILES string of the molecule is Cc1ccc2c(c1)C1(c3ccccc3Cl)Oc3ccc(C)cc3C(c3ccccc3Cl)(O2)O1. The second-order valence-corrected chi connectivity index (χ2v) is 9.31. The summed E-state index contributed by atoms with van der Waals surface area (Å²) in [5.74, 6) is -1.36. The molecule has 2 unspecified atom stereocenters. The number of hydrogen-bond donors (Lipinski definition) is 0. The van der Waals surface area contributed by atoms with Gasteiger partial charge in [-0.15, -0.1) is 0 Å². The molecule has 2 bridgehead atoms. The highest BCUT2D eigenvalue weighted by atomic mass is 35.5. The number of aryl methyl sites for hydroxylation is 2. The van der Waals surface area contributed by atoms with Crippen LogP contribution in [-0.4, -0.2) is 0 Å². The van der Waals surface area contributed by atoms with Crippen molar-refractivity contribution in [2.45, 2.75) is 25.4 Å². The van der Waals surface area contributed by atoms with E-state index in [1.807, 2.05) is 98.8 Å². The number of benzene rings is 4. The summed E-state index contributed by atoms with van der Waals surface area (Å²) in [4.78, 5) is 0. The fourth-order valence-corrected chi connectivity index (χ4v) is 5.24. The summed E-state index contributed by atoms with van der Waals surface area (Å²) in [5, 5.41) is 1.07. The van der Waals surface area contributed by atoms with Crippen molar-refractivity contribution < 1.29 is 14.2 Å². The Morgan fingerprint density at radius 1 is 0.545 bits per heavy atom. The molecule has 33 heavy (non-hydrogen) atoms. The Bertz CT molecular complexity index is 1310. The number of hydrogen-bond acceptors (Lipinski definition) is 3. The quantitative estimate of drug-likeness (QED) is 0.300. The minimum absolute atomic E-state index is 0.537. The van der Waals surface area contributed by atoms with Crippen molar-refractivity contribution in [3.63, 3.8) is 0 Å². The zero-order valence-electron chi connectivity index (χ0n) is 18.1. The Morgan fingerprint density at radius 2 is 0.970 bits per heavy atom. The van der Waals surface area contributed by atoms with Crippen molar-refractivity contribution in [2.24, 2.45) is 0 Å². The maximum atomic E-state index is 6.98. The van der Waals surface area contributed by atoms with E-state index >= 15 is 0 Å². The lowest BCUT2D eigenvalue weighted by atomic mass is 9.86. The first kappa shape index (κ1) is 20.6. The molecule has 164 valence electrons. The first-order valence-electron chi connectivity index (χ1n) is 10.7. The molecule has 0 aliphatic carbocycles. The molecule has 5 heteroatoms. The molecule has 0 radical (unpaired) electrons. The molecule has 2 heterocycles. The van der Waals surface area contributed by atoms with Crippen LogP contribution in [-0.2, 0) is 16.3 Å². The molecule has 0 spiro atoms. The van der Waals surface area contributed by atoms with Crippen molar-refractivity contribution in [1.82, 2.24) is 0 Å². The van der Waals surface area contributed by atoms with Crippen LogP contribution in [0.5, 0.6) is 11.5 Å². The smallest absolute Gasteiger partial charge is 0.273 e. The van der Waals surface area contributed by atoms with Crippen molar-refractivity contribution in [3.05, 3.63) is 128 Å². The van der Waals surface area contributed by atoms with E-state index in [0.717, 1.165) is 22.3 Å². The minimum atomic E-state index is -1.33. The maximum absolute atomic E-state index is 6.98. The third-order valence-corrected chi connectivity index (χ3v) is 6.89. The number of fused-ring (bicyclic) bond motifs is 6. The van der Waals surface area contributed by atoms with Gasteiger partial charge in [-0.05, 0) is 50.2 Å². The molecule has 3 nitrogen and oxygen atoms in total. The lowest BCUT2D eigenvalue weighted by Gasteiger charge is -2.52. The normalized spacial score (nSPS) is 22.5. The van der Waals surface area contributed by atoms with Gasteiger partial charge in [0.15, 0.2) is 0 Å². The van der Waals surface area contributed by atoms with Gasteiger partial charge in [0.25, 0.3) is 11.6 Å². The van der Waals surface area contributed by atoms with Crippen LogP contribution in [0, 0.1) is 13.8 Å². The van der Waals surface area contributed by atoms with Gasteiger partial charge in [-0.1, -0.05) is 82.9 Å². The van der Waals surface area contributed by atoms with Gasteiger partial charge in [0.05, 0.1) is 21.2 Å². The molecule has 4 aromatic rings. The van der Waals surface area contributed by atoms with Gasteiger partial charge in [-0.25, -0.2) is 0 Å². The molecule has 0 aromatic heterocycles. The van der Waals surface area contributed by atoms with Crippen LogP contribution in [0.1, 0.15) is 33.4 Å². The number of ether oxygens (including phenoxy) is 3. The second kappa shape index (κ2) is 7.26. The molecule has 2 aliphatic heterocycles. The fraction of sp³-hybridized carbons (Fsp3) is 0.143. The maximum Gasteiger partial charge on any atom is 0.273 e. The van der Waals surface area contributed by atoms with E-state index in [2.05, 4.69) is 0 Å². The third kappa shape index (κ3) is 2.93. The van der Waals surface area contributed by atoms with Crippen molar-refractivity contribution in [3.8, 4) is 11.5 Å². The molecule has 2 atom stereocenters. The fourth-order valence-electron chi connectivity index (χ4n) is 4.72. The van der Waals surface area contributed by atoms with E-state index in [9.17, 15) is 0 Å². The van der Waals surface area contributed by atoms with E-state index in [0.29, 0.717) is 32.7 Å². The first-order chi connectivity index (χ1) is 15.9. The van der Waals surface area contributed by atoms with E-state index in [1.54, 1.807) is 0 Å². The topological polar surface area (TPSA) is 27.7 Å². The van der Waals surface area contributed by atoms with E-state index in [4.69, 9.17) is 37.4 Å². The Balaban J connectivity index is 1.76. The summed E-state index contributed by atoms with van der Waals surface area (Å²) in [6, 6.07) is 27.1. The standard InChI is InChI=1S/C28H20Cl2O3/c1-17-11-13-25-21(15-17)27(19-7-3-5-9-23(19)29)32-26-14-12-18(2)16-22(26)28(31-25,33-27)20-8-4-6-10-24(20)30/h3-16H,1-2H3. The average molecular weight is 475 g/mol. The predicted molar refractivity (Wildman–Crippen MR) is 129 cm³/mol. The summed E-state index contributed by atoms with van der Waals surface area (Å²) < 4.78 is 20.5. The summed E-state index contributed by atoms with van der Waals surface area (Å²) in [5.41, 5.74) is 5.01. The van der Waals surface area contributed by atoms with Gasteiger partial charge >= 0.3 is 0 Å². The van der Waals surface area contributed by atoms with Crippen LogP contribution < -0.4 is 9.47 Å². The average Bonchev–Trinajstić information content (AvgIpc) is 2.81. The highest BCUT2D eigenvalue weighted by molar-refractivity contribution is 6.31. The van der Waals surface area contributed by atoms with Gasteiger partial charge in [0.2, 0.25) is 0 Å².